The number of fused-ring (bicyclic) bond motifs is 1. The number of aliphatic carboxylic acids is 1. The molecule has 0 unspecified atom stereocenters. The molecule has 7 heteroatoms. The average Bonchev–Trinajstić information content (AvgIpc) is 3.00. The number of nitrogens with zero attached hydrogens (tertiary/aromatic N) is 2. The number of carboxylic acids is 1. The van der Waals surface area contributed by atoms with Crippen molar-refractivity contribution in [3.05, 3.63) is 40.7 Å². The normalized spacial score (nSPS) is 10.8. The molecule has 0 aliphatic rings. The number of benzene rings is 1. The van der Waals surface area contributed by atoms with Crippen LogP contribution in [0.1, 0.15) is 6.42 Å². The minimum absolute atomic E-state index is 0.0213. The third-order valence-corrected chi connectivity index (χ3v) is 4.13. The Hall–Kier alpha value is -2.18. The molecular weight excluding hydrogens is 322 g/mol. The second kappa shape index (κ2) is 6.29. The highest BCUT2D eigenvalue weighted by Crippen LogP contribution is 2.28. The first-order chi connectivity index (χ1) is 10.6. The molecule has 2 heterocycles. The van der Waals surface area contributed by atoms with Gasteiger partial charge in [0.15, 0.2) is 5.82 Å². The lowest BCUT2D eigenvalue weighted by atomic mass is 10.2. The molecule has 112 valence electrons. The highest BCUT2D eigenvalue weighted by Gasteiger charge is 2.11. The summed E-state index contributed by atoms with van der Waals surface area (Å²) in [5.41, 5.74) is 0.726. The van der Waals surface area contributed by atoms with Crippen molar-refractivity contribution in [2.45, 2.75) is 6.42 Å². The topological polar surface area (TPSA) is 75.1 Å². The van der Waals surface area contributed by atoms with E-state index in [0.29, 0.717) is 23.2 Å². The van der Waals surface area contributed by atoms with Crippen molar-refractivity contribution in [2.24, 2.45) is 0 Å². The van der Waals surface area contributed by atoms with Crippen LogP contribution in [0.4, 0.5) is 5.82 Å². The second-order valence-electron chi connectivity index (χ2n) is 4.61. The minimum atomic E-state index is -0.854. The van der Waals surface area contributed by atoms with Crippen LogP contribution in [0.5, 0.6) is 0 Å². The third kappa shape index (κ3) is 3.18. The number of rotatable bonds is 5. The van der Waals surface area contributed by atoms with Crippen LogP contribution >= 0.6 is 22.9 Å². The van der Waals surface area contributed by atoms with Crippen LogP contribution < -0.4 is 5.32 Å². The van der Waals surface area contributed by atoms with Crippen LogP contribution in [0, 0.1) is 0 Å². The molecule has 0 atom stereocenters. The fourth-order valence-electron chi connectivity index (χ4n) is 2.04. The molecule has 0 saturated carbocycles. The molecule has 0 spiro atoms. The van der Waals surface area contributed by atoms with Gasteiger partial charge in [-0.1, -0.05) is 17.7 Å². The van der Waals surface area contributed by atoms with E-state index in [9.17, 15) is 4.79 Å². The molecular formula is C15H12ClN3O2S. The fraction of sp³-hybridized carbons (Fsp3) is 0.133. The Bertz CT molecular complexity index is 821. The van der Waals surface area contributed by atoms with Gasteiger partial charge in [0.05, 0.1) is 16.8 Å². The Balaban J connectivity index is 2.05. The standard InChI is InChI=1S/C15H12ClN3O2S/c16-9-3-4-10-11(8-9)18-15(12-2-1-7-22-12)19-14(10)17-6-5-13(20)21/h1-4,7-8H,5-6H2,(H,20,21)(H,17,18,19). The van der Waals surface area contributed by atoms with Gasteiger partial charge in [-0.25, -0.2) is 9.97 Å². The molecule has 0 amide bonds. The smallest absolute Gasteiger partial charge is 0.305 e. The summed E-state index contributed by atoms with van der Waals surface area (Å²) in [6, 6.07) is 9.25. The molecule has 2 aromatic heterocycles. The molecule has 0 saturated heterocycles. The molecule has 22 heavy (non-hydrogen) atoms. The van der Waals surface area contributed by atoms with Gasteiger partial charge in [-0.05, 0) is 29.6 Å². The zero-order chi connectivity index (χ0) is 15.5. The molecule has 0 radical (unpaired) electrons. The van der Waals surface area contributed by atoms with E-state index in [1.165, 1.54) is 0 Å². The predicted octanol–water partition coefficient (Wildman–Crippen LogP) is 3.90. The van der Waals surface area contributed by atoms with Crippen LogP contribution in [0.2, 0.25) is 5.02 Å². The zero-order valence-corrected chi connectivity index (χ0v) is 13.0. The largest absolute Gasteiger partial charge is 0.481 e. The van der Waals surface area contributed by atoms with Gasteiger partial charge in [-0.2, -0.15) is 0 Å². The number of aromatic nitrogens is 2. The van der Waals surface area contributed by atoms with E-state index in [1.54, 1.807) is 23.5 Å². The Morgan fingerprint density at radius 3 is 2.91 bits per heavy atom. The molecule has 3 aromatic rings. The van der Waals surface area contributed by atoms with Crippen molar-refractivity contribution < 1.29 is 9.90 Å². The SMILES string of the molecule is O=C(O)CCNc1nc(-c2cccs2)nc2cc(Cl)ccc12. The van der Waals surface area contributed by atoms with Gasteiger partial charge in [0.25, 0.3) is 0 Å². The molecule has 2 N–H and O–H groups in total. The quantitative estimate of drug-likeness (QED) is 0.740. The van der Waals surface area contributed by atoms with Gasteiger partial charge in [0.2, 0.25) is 0 Å². The van der Waals surface area contributed by atoms with E-state index < -0.39 is 5.97 Å². The molecule has 3 rings (SSSR count). The molecule has 0 aliphatic carbocycles. The van der Waals surface area contributed by atoms with Gasteiger partial charge in [-0.15, -0.1) is 11.3 Å². The molecule has 5 nitrogen and oxygen atoms in total. The summed E-state index contributed by atoms with van der Waals surface area (Å²) in [5.74, 6) is 0.362. The zero-order valence-electron chi connectivity index (χ0n) is 11.4. The van der Waals surface area contributed by atoms with Crippen molar-refractivity contribution in [1.29, 1.82) is 0 Å². The summed E-state index contributed by atoms with van der Waals surface area (Å²) in [4.78, 5) is 20.7. The second-order valence-corrected chi connectivity index (χ2v) is 5.99. The summed E-state index contributed by atoms with van der Waals surface area (Å²) >= 11 is 7.58. The number of hydrogen-bond donors (Lipinski definition) is 2. The summed E-state index contributed by atoms with van der Waals surface area (Å²) in [7, 11) is 0. The highest BCUT2D eigenvalue weighted by atomic mass is 35.5. The Labute approximate surface area is 135 Å². The Morgan fingerprint density at radius 1 is 1.32 bits per heavy atom. The summed E-state index contributed by atoms with van der Waals surface area (Å²) in [6.07, 6.45) is 0.0213. The van der Waals surface area contributed by atoms with E-state index >= 15 is 0 Å². The van der Waals surface area contributed by atoms with Gasteiger partial charge >= 0.3 is 5.97 Å². The molecule has 0 aliphatic heterocycles. The minimum Gasteiger partial charge on any atom is -0.481 e. The first-order valence-corrected chi connectivity index (χ1v) is 7.86. The summed E-state index contributed by atoms with van der Waals surface area (Å²) in [6.45, 7) is 0.300. The number of thiophene rings is 1. The van der Waals surface area contributed by atoms with Crippen molar-refractivity contribution >= 4 is 45.6 Å². The van der Waals surface area contributed by atoms with Crippen LogP contribution in [0.15, 0.2) is 35.7 Å². The predicted molar refractivity (Wildman–Crippen MR) is 88.6 cm³/mol. The van der Waals surface area contributed by atoms with E-state index in [2.05, 4.69) is 15.3 Å². The average molecular weight is 334 g/mol. The molecule has 0 bridgehead atoms. The van der Waals surface area contributed by atoms with Crippen LogP contribution in [0.3, 0.4) is 0 Å². The number of hydrogen-bond acceptors (Lipinski definition) is 5. The maximum atomic E-state index is 10.7. The summed E-state index contributed by atoms with van der Waals surface area (Å²) in [5, 5.41) is 15.2. The van der Waals surface area contributed by atoms with Crippen molar-refractivity contribution in [2.75, 3.05) is 11.9 Å². The highest BCUT2D eigenvalue weighted by molar-refractivity contribution is 7.13. The van der Waals surface area contributed by atoms with Crippen molar-refractivity contribution in [3.8, 4) is 10.7 Å². The molecule has 1 aromatic carbocycles. The van der Waals surface area contributed by atoms with E-state index in [4.69, 9.17) is 16.7 Å². The first-order valence-electron chi connectivity index (χ1n) is 6.60. The summed E-state index contributed by atoms with van der Waals surface area (Å²) < 4.78 is 0. The van der Waals surface area contributed by atoms with Crippen LogP contribution in [-0.2, 0) is 4.79 Å². The maximum absolute atomic E-state index is 10.7. The Kier molecular flexibility index (Phi) is 4.22. The van der Waals surface area contributed by atoms with E-state index in [0.717, 1.165) is 15.8 Å². The monoisotopic (exact) mass is 333 g/mol. The Morgan fingerprint density at radius 2 is 2.18 bits per heavy atom. The van der Waals surface area contributed by atoms with Gasteiger partial charge < -0.3 is 10.4 Å². The van der Waals surface area contributed by atoms with Crippen molar-refractivity contribution in [3.63, 3.8) is 0 Å². The lowest BCUT2D eigenvalue weighted by molar-refractivity contribution is -0.136. The van der Waals surface area contributed by atoms with Gasteiger partial charge in [-0.3, -0.25) is 4.79 Å². The van der Waals surface area contributed by atoms with Crippen LogP contribution in [0.25, 0.3) is 21.6 Å². The first kappa shape index (κ1) is 14.7. The van der Waals surface area contributed by atoms with Gasteiger partial charge in [0.1, 0.15) is 5.82 Å². The fourth-order valence-corrected chi connectivity index (χ4v) is 2.87. The number of carboxylic acid groups (broad SMARTS) is 1. The third-order valence-electron chi connectivity index (χ3n) is 3.03. The van der Waals surface area contributed by atoms with Gasteiger partial charge in [0, 0.05) is 17.0 Å². The van der Waals surface area contributed by atoms with E-state index in [-0.39, 0.29) is 6.42 Å². The lowest BCUT2D eigenvalue weighted by Crippen LogP contribution is -2.09. The lowest BCUT2D eigenvalue weighted by Gasteiger charge is -2.10. The van der Waals surface area contributed by atoms with Crippen molar-refractivity contribution in [1.82, 2.24) is 9.97 Å². The number of halogens is 1. The number of nitrogens with one attached hydrogen (secondary N) is 1. The number of anilines is 1. The maximum Gasteiger partial charge on any atom is 0.305 e. The van der Waals surface area contributed by atoms with Crippen LogP contribution in [-0.4, -0.2) is 27.6 Å². The molecule has 0 fully saturated rings. The van der Waals surface area contributed by atoms with E-state index in [1.807, 2.05) is 23.6 Å². The number of carbonyl (C=O) groups is 1.